The largest absolute Gasteiger partial charge is 0.481 e. The summed E-state index contributed by atoms with van der Waals surface area (Å²) in [4.78, 5) is 9.52. The molecule has 0 aliphatic heterocycles. The van der Waals surface area contributed by atoms with Crippen LogP contribution in [-0.4, -0.2) is 23.1 Å². The lowest BCUT2D eigenvalue weighted by molar-refractivity contribution is -0.136. The first-order valence-electron chi connectivity index (χ1n) is 1.69. The molecule has 0 saturated heterocycles. The van der Waals surface area contributed by atoms with E-state index in [1.165, 1.54) is 0 Å². The fourth-order valence-electron chi connectivity index (χ4n) is 0.123. The molecule has 4 heteroatoms. The maximum atomic E-state index is 9.52. The third-order valence-corrected chi connectivity index (χ3v) is 0.358. The Morgan fingerprint density at radius 1 is 1.71 bits per heavy atom. The topological polar surface area (TPSA) is 94.8 Å². The van der Waals surface area contributed by atoms with E-state index in [9.17, 15) is 4.79 Å². The maximum absolute atomic E-state index is 9.52. The summed E-state index contributed by atoms with van der Waals surface area (Å²) in [5, 5.41) is 7.83. The molecule has 0 unspecified atom stereocenters. The van der Waals surface area contributed by atoms with Gasteiger partial charge in [-0.1, -0.05) is 0 Å². The van der Waals surface area contributed by atoms with Crippen LogP contribution in [0.4, 0.5) is 0 Å². The van der Waals surface area contributed by atoms with E-state index >= 15 is 0 Å². The van der Waals surface area contributed by atoms with Gasteiger partial charge >= 0.3 is 5.97 Å². The second-order valence-corrected chi connectivity index (χ2v) is 0.932. The van der Waals surface area contributed by atoms with Crippen molar-refractivity contribution in [3.63, 3.8) is 0 Å². The first-order valence-corrected chi connectivity index (χ1v) is 1.69. The highest BCUT2D eigenvalue weighted by molar-refractivity contribution is 5.66. The van der Waals surface area contributed by atoms with Crippen LogP contribution < -0.4 is 5.73 Å². The first-order chi connectivity index (χ1) is 2.77. The lowest BCUT2D eigenvalue weighted by atomic mass is 10.5. The highest BCUT2D eigenvalue weighted by atomic mass is 16.4. The van der Waals surface area contributed by atoms with Crippen molar-refractivity contribution in [2.75, 3.05) is 6.54 Å². The summed E-state index contributed by atoms with van der Waals surface area (Å²) in [6, 6.07) is 0. The molecule has 0 atom stereocenters. The van der Waals surface area contributed by atoms with Crippen molar-refractivity contribution < 1.29 is 15.4 Å². The number of hydrogen-bond acceptors (Lipinski definition) is 2. The highest BCUT2D eigenvalue weighted by Gasteiger charge is 1.87. The molecule has 0 aliphatic carbocycles. The van der Waals surface area contributed by atoms with E-state index in [4.69, 9.17) is 10.8 Å². The minimum absolute atomic E-state index is 0. The SMILES string of the molecule is NCCC(=O)O.O. The van der Waals surface area contributed by atoms with E-state index in [2.05, 4.69) is 0 Å². The molecule has 0 bridgehead atoms. The molecule has 0 aromatic heterocycles. The van der Waals surface area contributed by atoms with Gasteiger partial charge in [0.2, 0.25) is 0 Å². The first kappa shape index (κ1) is 9.63. The Kier molecular flexibility index (Phi) is 7.42. The van der Waals surface area contributed by atoms with Gasteiger partial charge in [0.25, 0.3) is 0 Å². The zero-order valence-corrected chi connectivity index (χ0v) is 3.85. The van der Waals surface area contributed by atoms with Gasteiger partial charge in [-0.05, 0) is 0 Å². The van der Waals surface area contributed by atoms with Crippen molar-refractivity contribution >= 4 is 5.97 Å². The third-order valence-electron chi connectivity index (χ3n) is 0.358. The molecular weight excluding hydrogens is 98.0 g/mol. The smallest absolute Gasteiger partial charge is 0.304 e. The zero-order chi connectivity index (χ0) is 4.99. The van der Waals surface area contributed by atoms with Crippen molar-refractivity contribution in [2.24, 2.45) is 5.73 Å². The summed E-state index contributed by atoms with van der Waals surface area (Å²) in [6.45, 7) is 0.231. The lowest BCUT2D eigenvalue weighted by Gasteiger charge is -1.80. The van der Waals surface area contributed by atoms with Crippen LogP contribution in [0, 0.1) is 0 Å². The minimum atomic E-state index is -0.836. The van der Waals surface area contributed by atoms with Gasteiger partial charge in [0, 0.05) is 6.54 Å². The Hall–Kier alpha value is -0.610. The molecule has 0 amide bonds. The van der Waals surface area contributed by atoms with Crippen LogP contribution in [0.1, 0.15) is 6.42 Å². The average molecular weight is 107 g/mol. The van der Waals surface area contributed by atoms with Gasteiger partial charge < -0.3 is 16.3 Å². The van der Waals surface area contributed by atoms with Crippen LogP contribution in [0.25, 0.3) is 0 Å². The van der Waals surface area contributed by atoms with Crippen LogP contribution in [0.5, 0.6) is 0 Å². The molecule has 0 aromatic carbocycles. The van der Waals surface area contributed by atoms with Crippen molar-refractivity contribution in [1.82, 2.24) is 0 Å². The molecule has 5 N–H and O–H groups in total. The van der Waals surface area contributed by atoms with Gasteiger partial charge in [-0.3, -0.25) is 4.79 Å². The number of carboxylic acids is 1. The Morgan fingerprint density at radius 2 is 2.14 bits per heavy atom. The Balaban J connectivity index is 0. The van der Waals surface area contributed by atoms with Gasteiger partial charge in [0.1, 0.15) is 0 Å². The van der Waals surface area contributed by atoms with Crippen molar-refractivity contribution in [3.8, 4) is 0 Å². The van der Waals surface area contributed by atoms with Crippen LogP contribution in [0.2, 0.25) is 0 Å². The highest BCUT2D eigenvalue weighted by Crippen LogP contribution is 1.67. The fourth-order valence-corrected chi connectivity index (χ4v) is 0.123. The summed E-state index contributed by atoms with van der Waals surface area (Å²) < 4.78 is 0. The molecule has 0 radical (unpaired) electrons. The van der Waals surface area contributed by atoms with Gasteiger partial charge in [-0.15, -0.1) is 0 Å². The van der Waals surface area contributed by atoms with Gasteiger partial charge in [0.15, 0.2) is 0 Å². The molecule has 0 rings (SSSR count). The Labute approximate surface area is 41.2 Å². The average Bonchev–Trinajstić information content (AvgIpc) is 1.35. The van der Waals surface area contributed by atoms with Crippen LogP contribution in [0.15, 0.2) is 0 Å². The normalized spacial score (nSPS) is 7.00. The summed E-state index contributed by atoms with van der Waals surface area (Å²) in [6.07, 6.45) is 0.0694. The quantitative estimate of drug-likeness (QED) is 0.454. The predicted octanol–water partition coefficient (Wildman–Crippen LogP) is -1.40. The molecule has 0 fully saturated rings. The maximum Gasteiger partial charge on any atom is 0.304 e. The third kappa shape index (κ3) is 10.8. The molecule has 44 valence electrons. The number of rotatable bonds is 2. The Morgan fingerprint density at radius 3 is 2.14 bits per heavy atom. The van der Waals surface area contributed by atoms with E-state index in [0.29, 0.717) is 0 Å². The van der Waals surface area contributed by atoms with Crippen molar-refractivity contribution in [3.05, 3.63) is 0 Å². The van der Waals surface area contributed by atoms with Crippen LogP contribution in [-0.2, 0) is 4.79 Å². The molecule has 4 nitrogen and oxygen atoms in total. The number of carbonyl (C=O) groups is 1. The number of carboxylic acid groups (broad SMARTS) is 1. The summed E-state index contributed by atoms with van der Waals surface area (Å²) in [5.74, 6) is -0.836. The molecule has 0 aliphatic rings. The molecule has 0 heterocycles. The molecule has 7 heavy (non-hydrogen) atoms. The van der Waals surface area contributed by atoms with E-state index in [1.807, 2.05) is 0 Å². The van der Waals surface area contributed by atoms with Gasteiger partial charge in [0.05, 0.1) is 6.42 Å². The predicted molar refractivity (Wildman–Crippen MR) is 24.9 cm³/mol. The Bertz CT molecular complexity index is 54.1. The standard InChI is InChI=1S/C3H7NO2.H2O/c4-2-1-3(5)6;/h1-2,4H2,(H,5,6);1H2. The van der Waals surface area contributed by atoms with Gasteiger partial charge in [-0.2, -0.15) is 0 Å². The van der Waals surface area contributed by atoms with Crippen molar-refractivity contribution in [1.29, 1.82) is 0 Å². The van der Waals surface area contributed by atoms with E-state index in [-0.39, 0.29) is 18.4 Å². The van der Waals surface area contributed by atoms with Crippen LogP contribution in [0.3, 0.4) is 0 Å². The summed E-state index contributed by atoms with van der Waals surface area (Å²) in [5.41, 5.74) is 4.85. The van der Waals surface area contributed by atoms with E-state index in [0.717, 1.165) is 0 Å². The van der Waals surface area contributed by atoms with Crippen LogP contribution >= 0.6 is 0 Å². The molecule has 0 aromatic rings. The molecular formula is C3H9NO3. The summed E-state index contributed by atoms with van der Waals surface area (Å²) in [7, 11) is 0. The number of aliphatic carboxylic acids is 1. The zero-order valence-electron chi connectivity index (χ0n) is 3.85. The monoisotopic (exact) mass is 107 g/mol. The number of nitrogens with two attached hydrogens (primary N) is 1. The van der Waals surface area contributed by atoms with E-state index < -0.39 is 5.97 Å². The van der Waals surface area contributed by atoms with E-state index in [1.54, 1.807) is 0 Å². The van der Waals surface area contributed by atoms with Crippen molar-refractivity contribution in [2.45, 2.75) is 6.42 Å². The second-order valence-electron chi connectivity index (χ2n) is 0.932. The lowest BCUT2D eigenvalue weighted by Crippen LogP contribution is -2.05. The van der Waals surface area contributed by atoms with Gasteiger partial charge in [-0.25, -0.2) is 0 Å². The minimum Gasteiger partial charge on any atom is -0.481 e. The fraction of sp³-hybridized carbons (Fsp3) is 0.667. The molecule has 0 saturated carbocycles. The second kappa shape index (κ2) is 5.39. The molecule has 0 spiro atoms. The number of hydrogen-bond donors (Lipinski definition) is 2. The summed E-state index contributed by atoms with van der Waals surface area (Å²) >= 11 is 0.